The van der Waals surface area contributed by atoms with Gasteiger partial charge < -0.3 is 26.6 Å². The molecule has 0 aromatic carbocycles. The van der Waals surface area contributed by atoms with Crippen molar-refractivity contribution in [1.82, 2.24) is 10.6 Å². The third-order valence-electron chi connectivity index (χ3n) is 2.80. The molecule has 0 aromatic heterocycles. The summed E-state index contributed by atoms with van der Waals surface area (Å²) in [5.41, 5.74) is 5.43. The van der Waals surface area contributed by atoms with Crippen molar-refractivity contribution in [3.8, 4) is 0 Å². The van der Waals surface area contributed by atoms with Crippen LogP contribution in [0.2, 0.25) is 0 Å². The highest BCUT2D eigenvalue weighted by atomic mass is 32.2. The van der Waals surface area contributed by atoms with Gasteiger partial charge in [-0.25, -0.2) is 4.79 Å². The Kier molecular flexibility index (Phi) is 8.98. The number of thioether (sulfide) groups is 1. The van der Waals surface area contributed by atoms with Crippen LogP contribution in [-0.2, 0) is 14.4 Å². The van der Waals surface area contributed by atoms with E-state index in [-0.39, 0.29) is 6.42 Å². The topological polar surface area (TPSA) is 142 Å². The Morgan fingerprint density at radius 3 is 2.19 bits per heavy atom. The van der Waals surface area contributed by atoms with E-state index in [9.17, 15) is 19.5 Å². The molecule has 0 saturated heterocycles. The van der Waals surface area contributed by atoms with E-state index in [0.717, 1.165) is 0 Å². The molecule has 2 amide bonds. The number of amides is 2. The Hall–Kier alpha value is -1.32. The third-order valence-corrected chi connectivity index (χ3v) is 3.44. The second-order valence-corrected chi connectivity index (χ2v) is 5.66. The molecule has 9 heteroatoms. The molecule has 4 atom stereocenters. The summed E-state index contributed by atoms with van der Waals surface area (Å²) < 4.78 is 0. The molecule has 0 heterocycles. The van der Waals surface area contributed by atoms with Crippen LogP contribution in [0.4, 0.5) is 0 Å². The lowest BCUT2D eigenvalue weighted by Crippen LogP contribution is -2.55. The molecule has 6 N–H and O–H groups in total. The molecule has 122 valence electrons. The van der Waals surface area contributed by atoms with Crippen LogP contribution < -0.4 is 16.4 Å². The molecule has 0 radical (unpaired) electrons. The number of carbonyl (C=O) groups is 3. The molecule has 0 rings (SSSR count). The average Bonchev–Trinajstić information content (AvgIpc) is 2.41. The zero-order valence-corrected chi connectivity index (χ0v) is 13.1. The number of nitrogens with one attached hydrogen (secondary N) is 2. The van der Waals surface area contributed by atoms with Gasteiger partial charge in [0.15, 0.2) is 0 Å². The van der Waals surface area contributed by atoms with Crippen molar-refractivity contribution in [3.05, 3.63) is 0 Å². The molecular weight excluding hydrogens is 298 g/mol. The molecule has 21 heavy (non-hydrogen) atoms. The number of hydrogen-bond acceptors (Lipinski definition) is 6. The van der Waals surface area contributed by atoms with Crippen LogP contribution in [0.3, 0.4) is 0 Å². The average molecular weight is 321 g/mol. The van der Waals surface area contributed by atoms with E-state index in [1.54, 1.807) is 0 Å². The molecule has 0 fully saturated rings. The van der Waals surface area contributed by atoms with Crippen molar-refractivity contribution in [2.24, 2.45) is 5.73 Å². The van der Waals surface area contributed by atoms with Crippen molar-refractivity contribution in [2.45, 2.75) is 44.5 Å². The van der Waals surface area contributed by atoms with E-state index in [0.29, 0.717) is 5.75 Å². The van der Waals surface area contributed by atoms with Gasteiger partial charge in [0.1, 0.15) is 18.1 Å². The fraction of sp³-hybridized carbons (Fsp3) is 0.750. The first-order valence-electron chi connectivity index (χ1n) is 6.46. The third kappa shape index (κ3) is 7.30. The SMILES string of the molecule is CSCCC(NC(=O)C(C)NC(=O)C(N)C(C)O)C(=O)O. The summed E-state index contributed by atoms with van der Waals surface area (Å²) in [6, 6.07) is -3.10. The second-order valence-electron chi connectivity index (χ2n) is 4.68. The molecule has 0 aliphatic rings. The first-order chi connectivity index (χ1) is 9.70. The number of carboxylic acid groups (broad SMARTS) is 1. The van der Waals surface area contributed by atoms with Crippen LogP contribution in [0.1, 0.15) is 20.3 Å². The van der Waals surface area contributed by atoms with Gasteiger partial charge in [0.05, 0.1) is 6.10 Å². The number of carboxylic acids is 1. The minimum Gasteiger partial charge on any atom is -0.480 e. The van der Waals surface area contributed by atoms with Gasteiger partial charge in [-0.15, -0.1) is 0 Å². The summed E-state index contributed by atoms with van der Waals surface area (Å²) in [5.74, 6) is -1.83. The summed E-state index contributed by atoms with van der Waals surface area (Å²) in [7, 11) is 0. The van der Waals surface area contributed by atoms with Gasteiger partial charge in [-0.1, -0.05) is 0 Å². The van der Waals surface area contributed by atoms with Crippen LogP contribution in [0.15, 0.2) is 0 Å². The van der Waals surface area contributed by atoms with E-state index < -0.39 is 42.0 Å². The summed E-state index contributed by atoms with van der Waals surface area (Å²) >= 11 is 1.47. The number of hydrogen-bond donors (Lipinski definition) is 5. The van der Waals surface area contributed by atoms with Crippen molar-refractivity contribution in [3.63, 3.8) is 0 Å². The Labute approximate surface area is 127 Å². The molecule has 0 saturated carbocycles. The van der Waals surface area contributed by atoms with E-state index in [1.807, 2.05) is 6.26 Å². The summed E-state index contributed by atoms with van der Waals surface area (Å²) in [5, 5.41) is 22.9. The first-order valence-corrected chi connectivity index (χ1v) is 7.86. The number of aliphatic hydroxyl groups excluding tert-OH is 1. The smallest absolute Gasteiger partial charge is 0.326 e. The predicted octanol–water partition coefficient (Wildman–Crippen LogP) is -1.48. The van der Waals surface area contributed by atoms with Gasteiger partial charge in [0, 0.05) is 0 Å². The second kappa shape index (κ2) is 9.59. The minimum absolute atomic E-state index is 0.288. The van der Waals surface area contributed by atoms with Crippen LogP contribution in [0.5, 0.6) is 0 Å². The molecule has 0 aromatic rings. The van der Waals surface area contributed by atoms with E-state index in [2.05, 4.69) is 10.6 Å². The lowest BCUT2D eigenvalue weighted by atomic mass is 10.1. The van der Waals surface area contributed by atoms with Gasteiger partial charge in [-0.2, -0.15) is 11.8 Å². The normalized spacial score (nSPS) is 16.4. The van der Waals surface area contributed by atoms with E-state index in [1.165, 1.54) is 25.6 Å². The molecule has 0 aliphatic carbocycles. The summed E-state index contributed by atoms with van der Waals surface area (Å²) in [4.78, 5) is 34.5. The fourth-order valence-corrected chi connectivity index (χ4v) is 1.86. The van der Waals surface area contributed by atoms with Gasteiger partial charge in [-0.05, 0) is 32.3 Å². The Balaban J connectivity index is 4.48. The zero-order valence-electron chi connectivity index (χ0n) is 12.3. The molecule has 0 bridgehead atoms. The minimum atomic E-state index is -1.15. The largest absolute Gasteiger partial charge is 0.480 e. The highest BCUT2D eigenvalue weighted by Gasteiger charge is 2.26. The highest BCUT2D eigenvalue weighted by Crippen LogP contribution is 2.01. The fourth-order valence-electron chi connectivity index (χ4n) is 1.38. The monoisotopic (exact) mass is 321 g/mol. The number of carbonyl (C=O) groups excluding carboxylic acids is 2. The predicted molar refractivity (Wildman–Crippen MR) is 79.8 cm³/mol. The van der Waals surface area contributed by atoms with Crippen molar-refractivity contribution in [2.75, 3.05) is 12.0 Å². The van der Waals surface area contributed by atoms with Crippen LogP contribution in [0.25, 0.3) is 0 Å². The first kappa shape index (κ1) is 19.7. The maximum atomic E-state index is 11.8. The standard InChI is InChI=1S/C12H23N3O5S/c1-6(14-11(18)9(13)7(2)16)10(17)15-8(12(19)20)4-5-21-3/h6-9,16H,4-5,13H2,1-3H3,(H,14,18)(H,15,17)(H,19,20). The van der Waals surface area contributed by atoms with Gasteiger partial charge in [-0.3, -0.25) is 9.59 Å². The number of nitrogens with two attached hydrogens (primary N) is 1. The van der Waals surface area contributed by atoms with Gasteiger partial charge >= 0.3 is 5.97 Å². The maximum Gasteiger partial charge on any atom is 0.326 e. The molecule has 4 unspecified atom stereocenters. The molecule has 0 spiro atoms. The van der Waals surface area contributed by atoms with Crippen molar-refractivity contribution < 1.29 is 24.6 Å². The summed E-state index contributed by atoms with van der Waals surface area (Å²) in [6.07, 6.45) is 1.07. The Morgan fingerprint density at radius 2 is 1.76 bits per heavy atom. The molecular formula is C12H23N3O5S. The van der Waals surface area contributed by atoms with E-state index in [4.69, 9.17) is 10.8 Å². The lowest BCUT2D eigenvalue weighted by molar-refractivity contribution is -0.142. The van der Waals surface area contributed by atoms with Gasteiger partial charge in [0.2, 0.25) is 11.8 Å². The number of rotatable bonds is 9. The van der Waals surface area contributed by atoms with Crippen molar-refractivity contribution >= 4 is 29.5 Å². The van der Waals surface area contributed by atoms with Crippen LogP contribution in [-0.4, -0.2) is 64.2 Å². The summed E-state index contributed by atoms with van der Waals surface area (Å²) in [6.45, 7) is 2.77. The van der Waals surface area contributed by atoms with Crippen molar-refractivity contribution in [1.29, 1.82) is 0 Å². The Morgan fingerprint density at radius 1 is 1.19 bits per heavy atom. The number of aliphatic carboxylic acids is 1. The van der Waals surface area contributed by atoms with Crippen LogP contribution in [0, 0.1) is 0 Å². The highest BCUT2D eigenvalue weighted by molar-refractivity contribution is 7.98. The number of aliphatic hydroxyl groups is 1. The zero-order chi connectivity index (χ0) is 16.6. The van der Waals surface area contributed by atoms with Gasteiger partial charge in [0.25, 0.3) is 0 Å². The quantitative estimate of drug-likeness (QED) is 0.349. The van der Waals surface area contributed by atoms with Crippen LogP contribution >= 0.6 is 11.8 Å². The lowest BCUT2D eigenvalue weighted by Gasteiger charge is -2.21. The molecule has 0 aliphatic heterocycles. The Bertz CT molecular complexity index is 378. The molecule has 8 nitrogen and oxygen atoms in total. The van der Waals surface area contributed by atoms with E-state index >= 15 is 0 Å². The maximum absolute atomic E-state index is 11.8.